The molecule has 0 aliphatic heterocycles. The smallest absolute Gasteiger partial charge is 0.416 e. The van der Waals surface area contributed by atoms with Crippen LogP contribution in [-0.4, -0.2) is 35.7 Å². The lowest BCUT2D eigenvalue weighted by molar-refractivity contribution is -0.138. The van der Waals surface area contributed by atoms with E-state index in [1.165, 1.54) is 13.2 Å². The van der Waals surface area contributed by atoms with Crippen LogP contribution in [-0.2, 0) is 11.0 Å². The van der Waals surface area contributed by atoms with Gasteiger partial charge in [-0.05, 0) is 49.2 Å². The van der Waals surface area contributed by atoms with E-state index in [2.05, 4.69) is 15.6 Å². The third-order valence-electron chi connectivity index (χ3n) is 4.76. The molecule has 0 saturated carbocycles. The van der Waals surface area contributed by atoms with Gasteiger partial charge in [-0.2, -0.15) is 13.2 Å². The summed E-state index contributed by atoms with van der Waals surface area (Å²) in [6.07, 6.45) is -2.58. The molecule has 3 rings (SSSR count). The number of amides is 2. The fourth-order valence-corrected chi connectivity index (χ4v) is 3.11. The Labute approximate surface area is 186 Å². The van der Waals surface area contributed by atoms with Gasteiger partial charge in [0.1, 0.15) is 11.3 Å². The van der Waals surface area contributed by atoms with Crippen LogP contribution in [0.3, 0.4) is 0 Å². The van der Waals surface area contributed by atoms with Crippen molar-refractivity contribution in [1.29, 1.82) is 0 Å². The van der Waals surface area contributed by atoms with Gasteiger partial charge in [0.2, 0.25) is 5.89 Å². The van der Waals surface area contributed by atoms with Crippen LogP contribution in [0.1, 0.15) is 31.2 Å². The number of carbonyl (C=O) groups is 2. The zero-order chi connectivity index (χ0) is 24.0. The van der Waals surface area contributed by atoms with Crippen LogP contribution >= 0.6 is 0 Å². The predicted octanol–water partition coefficient (Wildman–Crippen LogP) is 5.29. The van der Waals surface area contributed by atoms with E-state index in [-0.39, 0.29) is 23.4 Å². The number of fused-ring (bicyclic) bond motifs is 1. The predicted molar refractivity (Wildman–Crippen MR) is 114 cm³/mol. The highest BCUT2D eigenvalue weighted by Gasteiger charge is 2.31. The molecule has 0 unspecified atom stereocenters. The molecule has 176 valence electrons. The van der Waals surface area contributed by atoms with Crippen LogP contribution < -0.4 is 15.4 Å². The molecule has 2 amide bonds. The lowest BCUT2D eigenvalue weighted by atomic mass is 10.2. The van der Waals surface area contributed by atoms with Crippen LogP contribution in [0.25, 0.3) is 22.6 Å². The number of halogens is 3. The van der Waals surface area contributed by atoms with E-state index in [9.17, 15) is 22.8 Å². The van der Waals surface area contributed by atoms with E-state index in [1.54, 1.807) is 18.2 Å². The minimum atomic E-state index is -4.49. The monoisotopic (exact) mass is 465 g/mol. The Hall–Kier alpha value is -3.76. The maximum atomic E-state index is 12.9. The van der Waals surface area contributed by atoms with Gasteiger partial charge in [-0.3, -0.25) is 4.79 Å². The first-order valence-corrected chi connectivity index (χ1v) is 10.1. The number of benzene rings is 2. The normalized spacial score (nSPS) is 11.4. The average molecular weight is 465 g/mol. The molecular weight excluding hydrogens is 443 g/mol. The molecule has 1 heterocycles. The van der Waals surface area contributed by atoms with E-state index in [0.29, 0.717) is 42.8 Å². The van der Waals surface area contributed by atoms with E-state index in [0.717, 1.165) is 12.1 Å². The number of methoxy groups -OCH3 is 1. The van der Waals surface area contributed by atoms with Crippen molar-refractivity contribution < 1.29 is 37.0 Å². The second kappa shape index (κ2) is 10.2. The molecule has 8 nitrogen and oxygen atoms in total. The van der Waals surface area contributed by atoms with Crippen LogP contribution in [0.2, 0.25) is 0 Å². The zero-order valence-corrected chi connectivity index (χ0v) is 17.7. The molecular formula is C22H22F3N3O5. The van der Waals surface area contributed by atoms with Crippen molar-refractivity contribution in [2.24, 2.45) is 0 Å². The first kappa shape index (κ1) is 23.9. The number of aliphatic carboxylic acids is 1. The average Bonchev–Trinajstić information content (AvgIpc) is 3.19. The molecule has 0 saturated heterocycles. The lowest BCUT2D eigenvalue weighted by Crippen LogP contribution is -2.29. The Morgan fingerprint density at radius 2 is 1.91 bits per heavy atom. The van der Waals surface area contributed by atoms with E-state index >= 15 is 0 Å². The van der Waals surface area contributed by atoms with Crippen molar-refractivity contribution >= 4 is 28.8 Å². The number of aromatic nitrogens is 1. The van der Waals surface area contributed by atoms with Gasteiger partial charge in [0.25, 0.3) is 0 Å². The maximum absolute atomic E-state index is 12.9. The van der Waals surface area contributed by atoms with Gasteiger partial charge in [0.05, 0.1) is 18.4 Å². The molecule has 0 aliphatic carbocycles. The Morgan fingerprint density at radius 1 is 1.12 bits per heavy atom. The summed E-state index contributed by atoms with van der Waals surface area (Å²) in [6.45, 7) is 0.361. The Morgan fingerprint density at radius 3 is 2.61 bits per heavy atom. The molecule has 11 heteroatoms. The number of alkyl halides is 3. The quantitative estimate of drug-likeness (QED) is 0.370. The van der Waals surface area contributed by atoms with Crippen LogP contribution in [0.4, 0.5) is 23.7 Å². The van der Waals surface area contributed by atoms with Crippen molar-refractivity contribution in [2.45, 2.75) is 31.9 Å². The molecule has 0 aliphatic rings. The van der Waals surface area contributed by atoms with Gasteiger partial charge in [0.15, 0.2) is 5.58 Å². The minimum Gasteiger partial charge on any atom is -0.495 e. The van der Waals surface area contributed by atoms with Crippen molar-refractivity contribution in [3.05, 3.63) is 42.0 Å². The number of hydrogen-bond acceptors (Lipinski definition) is 5. The van der Waals surface area contributed by atoms with Gasteiger partial charge in [-0.25, -0.2) is 9.78 Å². The van der Waals surface area contributed by atoms with Gasteiger partial charge < -0.3 is 24.9 Å². The van der Waals surface area contributed by atoms with Gasteiger partial charge >= 0.3 is 18.2 Å². The van der Waals surface area contributed by atoms with Crippen molar-refractivity contribution in [2.75, 3.05) is 19.0 Å². The molecule has 0 spiro atoms. The standard InChI is InChI=1S/C22H22F3N3O5/c1-32-17-8-6-13(11-15(17)28-21(31)26-10-4-2-3-5-19(29)30)20-27-16-12-14(22(23,24)25)7-9-18(16)33-20/h6-9,11-12H,2-5,10H2,1H3,(H,29,30)(H2,26,28,31). The number of nitrogens with zero attached hydrogens (tertiary/aromatic N) is 1. The van der Waals surface area contributed by atoms with E-state index in [4.69, 9.17) is 14.3 Å². The minimum absolute atomic E-state index is 0.0609. The summed E-state index contributed by atoms with van der Waals surface area (Å²) < 4.78 is 49.7. The third-order valence-corrected chi connectivity index (χ3v) is 4.76. The molecule has 0 fully saturated rings. The number of anilines is 1. The summed E-state index contributed by atoms with van der Waals surface area (Å²) in [5.41, 5.74) is 0.183. The lowest BCUT2D eigenvalue weighted by Gasteiger charge is -2.12. The molecule has 3 aromatic rings. The largest absolute Gasteiger partial charge is 0.495 e. The fourth-order valence-electron chi connectivity index (χ4n) is 3.11. The summed E-state index contributed by atoms with van der Waals surface area (Å²) in [5.74, 6) is -0.396. The fraction of sp³-hybridized carbons (Fsp3) is 0.318. The molecule has 1 aromatic heterocycles. The summed E-state index contributed by atoms with van der Waals surface area (Å²) in [6, 6.07) is 7.28. The summed E-state index contributed by atoms with van der Waals surface area (Å²) in [5, 5.41) is 13.9. The zero-order valence-electron chi connectivity index (χ0n) is 17.7. The number of carboxylic acid groups (broad SMARTS) is 1. The highest BCUT2D eigenvalue weighted by Crippen LogP contribution is 2.34. The molecule has 2 aromatic carbocycles. The number of carbonyl (C=O) groups excluding carboxylic acids is 1. The third kappa shape index (κ3) is 6.37. The van der Waals surface area contributed by atoms with Crippen molar-refractivity contribution in [3.63, 3.8) is 0 Å². The number of oxazole rings is 1. The number of hydrogen-bond donors (Lipinski definition) is 3. The van der Waals surface area contributed by atoms with Crippen molar-refractivity contribution in [3.8, 4) is 17.2 Å². The highest BCUT2D eigenvalue weighted by molar-refractivity contribution is 5.92. The Bertz CT molecular complexity index is 1140. The van der Waals surface area contributed by atoms with Crippen LogP contribution in [0.5, 0.6) is 5.75 Å². The van der Waals surface area contributed by atoms with Gasteiger partial charge in [-0.15, -0.1) is 0 Å². The first-order chi connectivity index (χ1) is 15.7. The number of rotatable bonds is 9. The second-order valence-electron chi connectivity index (χ2n) is 7.20. The second-order valence-corrected chi connectivity index (χ2v) is 7.20. The number of ether oxygens (including phenoxy) is 1. The van der Waals surface area contributed by atoms with Crippen LogP contribution in [0, 0.1) is 0 Å². The number of unbranched alkanes of at least 4 members (excludes halogenated alkanes) is 2. The van der Waals surface area contributed by atoms with E-state index < -0.39 is 23.7 Å². The maximum Gasteiger partial charge on any atom is 0.416 e. The molecule has 0 radical (unpaired) electrons. The van der Waals surface area contributed by atoms with Gasteiger partial charge in [-0.1, -0.05) is 6.42 Å². The molecule has 0 bridgehead atoms. The van der Waals surface area contributed by atoms with Crippen molar-refractivity contribution in [1.82, 2.24) is 10.3 Å². The Balaban J connectivity index is 1.70. The van der Waals surface area contributed by atoms with Crippen LogP contribution in [0.15, 0.2) is 40.8 Å². The molecule has 33 heavy (non-hydrogen) atoms. The number of urea groups is 1. The van der Waals surface area contributed by atoms with Gasteiger partial charge in [0, 0.05) is 18.5 Å². The summed E-state index contributed by atoms with van der Waals surface area (Å²) >= 11 is 0. The number of carboxylic acids is 1. The molecule has 3 N–H and O–H groups in total. The summed E-state index contributed by atoms with van der Waals surface area (Å²) in [7, 11) is 1.43. The Kier molecular flexibility index (Phi) is 7.41. The highest BCUT2D eigenvalue weighted by atomic mass is 19.4. The first-order valence-electron chi connectivity index (χ1n) is 10.1. The molecule has 0 atom stereocenters. The number of nitrogens with one attached hydrogen (secondary N) is 2. The topological polar surface area (TPSA) is 114 Å². The summed E-state index contributed by atoms with van der Waals surface area (Å²) in [4.78, 5) is 26.9. The van der Waals surface area contributed by atoms with E-state index in [1.807, 2.05) is 0 Å². The SMILES string of the molecule is COc1ccc(-c2nc3cc(C(F)(F)F)ccc3o2)cc1NC(=O)NCCCCCC(=O)O.